The lowest BCUT2D eigenvalue weighted by molar-refractivity contribution is -0.123. The number of para-hydroxylation sites is 1. The molecule has 0 unspecified atom stereocenters. The maximum absolute atomic E-state index is 12.2. The van der Waals surface area contributed by atoms with Crippen molar-refractivity contribution < 1.29 is 9.53 Å². The van der Waals surface area contributed by atoms with Gasteiger partial charge in [-0.05, 0) is 38.8 Å². The molecule has 0 saturated heterocycles. The Hall–Kier alpha value is -2.81. The van der Waals surface area contributed by atoms with E-state index in [2.05, 4.69) is 41.5 Å². The lowest BCUT2D eigenvalue weighted by atomic mass is 10.2. The third-order valence-corrected chi connectivity index (χ3v) is 5.49. The van der Waals surface area contributed by atoms with Crippen LogP contribution >= 0.6 is 11.8 Å². The Morgan fingerprint density at radius 2 is 2.06 bits per heavy atom. The highest BCUT2D eigenvalue weighted by molar-refractivity contribution is 7.99. The number of nitrogens with zero attached hydrogens (tertiary/aromatic N) is 4. The van der Waals surface area contributed by atoms with Gasteiger partial charge in [0.05, 0.1) is 18.1 Å². The minimum Gasteiger partial charge on any atom is -0.484 e. The number of ether oxygens (including phenoxy) is 1. The summed E-state index contributed by atoms with van der Waals surface area (Å²) in [6.45, 7) is 9.16. The summed E-state index contributed by atoms with van der Waals surface area (Å²) in [5.41, 5.74) is 1.77. The van der Waals surface area contributed by atoms with E-state index >= 15 is 0 Å². The molecule has 0 bridgehead atoms. The Balaban J connectivity index is 1.63. The number of carbonyl (C=O) groups excluding carboxylic acids is 1. The van der Waals surface area contributed by atoms with Crippen LogP contribution in [0.1, 0.15) is 32.8 Å². The standard InChI is InChI=1S/C22H30N6O2S/c1-5-12-31-22-26-20(25-15(2)3)17-13-24-28(21(17)27-22)11-10-23-19(29)14-30-18-9-7-6-8-16(18)4/h6-9,13,15H,5,10-12,14H2,1-4H3,(H,23,29)(H,25,26,27). The molecule has 2 heterocycles. The molecule has 1 aromatic carbocycles. The van der Waals surface area contributed by atoms with Gasteiger partial charge in [0.25, 0.3) is 5.91 Å². The molecular weight excluding hydrogens is 412 g/mol. The number of hydrogen-bond acceptors (Lipinski definition) is 7. The summed E-state index contributed by atoms with van der Waals surface area (Å²) in [7, 11) is 0. The highest BCUT2D eigenvalue weighted by Gasteiger charge is 2.14. The average molecular weight is 443 g/mol. The summed E-state index contributed by atoms with van der Waals surface area (Å²) in [6, 6.07) is 7.88. The van der Waals surface area contributed by atoms with Gasteiger partial charge in [-0.2, -0.15) is 5.10 Å². The van der Waals surface area contributed by atoms with Gasteiger partial charge in [0.15, 0.2) is 17.4 Å². The molecule has 2 N–H and O–H groups in total. The summed E-state index contributed by atoms with van der Waals surface area (Å²) < 4.78 is 7.40. The third kappa shape index (κ3) is 6.33. The van der Waals surface area contributed by atoms with E-state index in [1.807, 2.05) is 31.2 Å². The lowest BCUT2D eigenvalue weighted by Crippen LogP contribution is -2.31. The largest absolute Gasteiger partial charge is 0.484 e. The Morgan fingerprint density at radius 1 is 1.26 bits per heavy atom. The van der Waals surface area contributed by atoms with Crippen molar-refractivity contribution >= 4 is 34.5 Å². The van der Waals surface area contributed by atoms with E-state index in [1.165, 1.54) is 0 Å². The number of hydrogen-bond donors (Lipinski definition) is 2. The number of amides is 1. The van der Waals surface area contributed by atoms with Crippen LogP contribution in [0.15, 0.2) is 35.6 Å². The molecule has 0 atom stereocenters. The van der Waals surface area contributed by atoms with Gasteiger partial charge in [-0.3, -0.25) is 4.79 Å². The number of benzene rings is 1. The Kier molecular flexibility index (Phi) is 8.11. The number of carbonyl (C=O) groups is 1. The van der Waals surface area contributed by atoms with Crippen LogP contribution in [-0.2, 0) is 11.3 Å². The van der Waals surface area contributed by atoms with Crippen LogP contribution in [-0.4, -0.2) is 50.6 Å². The van der Waals surface area contributed by atoms with Crippen LogP contribution in [0.4, 0.5) is 5.82 Å². The van der Waals surface area contributed by atoms with Gasteiger partial charge in [0.2, 0.25) is 0 Å². The molecular formula is C22H30N6O2S. The number of rotatable bonds is 11. The van der Waals surface area contributed by atoms with Crippen LogP contribution in [0.2, 0.25) is 0 Å². The van der Waals surface area contributed by atoms with Gasteiger partial charge in [-0.25, -0.2) is 14.6 Å². The summed E-state index contributed by atoms with van der Waals surface area (Å²) >= 11 is 1.63. The van der Waals surface area contributed by atoms with Crippen LogP contribution in [0.25, 0.3) is 11.0 Å². The van der Waals surface area contributed by atoms with Crippen LogP contribution in [0, 0.1) is 6.92 Å². The number of anilines is 1. The molecule has 31 heavy (non-hydrogen) atoms. The second-order valence-electron chi connectivity index (χ2n) is 7.51. The SMILES string of the molecule is CCCSc1nc(NC(C)C)c2cnn(CCNC(=O)COc3ccccc3C)c2n1. The van der Waals surface area contributed by atoms with Gasteiger partial charge >= 0.3 is 0 Å². The Morgan fingerprint density at radius 3 is 2.81 bits per heavy atom. The van der Waals surface area contributed by atoms with Gasteiger partial charge in [-0.1, -0.05) is 36.9 Å². The summed E-state index contributed by atoms with van der Waals surface area (Å²) in [6.07, 6.45) is 2.83. The summed E-state index contributed by atoms with van der Waals surface area (Å²) in [4.78, 5) is 21.5. The zero-order chi connectivity index (χ0) is 22.2. The van der Waals surface area contributed by atoms with Crippen molar-refractivity contribution in [1.29, 1.82) is 0 Å². The van der Waals surface area contributed by atoms with E-state index in [0.717, 1.165) is 45.5 Å². The monoisotopic (exact) mass is 442 g/mol. The van der Waals surface area contributed by atoms with Crippen LogP contribution in [0.3, 0.4) is 0 Å². The van der Waals surface area contributed by atoms with Crippen molar-refractivity contribution in [3.05, 3.63) is 36.0 Å². The average Bonchev–Trinajstić information content (AvgIpc) is 3.14. The van der Waals surface area contributed by atoms with Gasteiger partial charge in [-0.15, -0.1) is 0 Å². The molecule has 0 aliphatic heterocycles. The topological polar surface area (TPSA) is 94.0 Å². The summed E-state index contributed by atoms with van der Waals surface area (Å²) in [5.74, 6) is 2.29. The van der Waals surface area contributed by atoms with Crippen molar-refractivity contribution in [2.75, 3.05) is 24.2 Å². The van der Waals surface area contributed by atoms with E-state index in [-0.39, 0.29) is 18.6 Å². The van der Waals surface area contributed by atoms with Crippen molar-refractivity contribution in [2.24, 2.45) is 0 Å². The number of fused-ring (bicyclic) bond motifs is 1. The van der Waals surface area contributed by atoms with Crippen molar-refractivity contribution in [3.8, 4) is 5.75 Å². The molecule has 0 aliphatic rings. The van der Waals surface area contributed by atoms with Crippen LogP contribution in [0.5, 0.6) is 5.75 Å². The van der Waals surface area contributed by atoms with Crippen molar-refractivity contribution in [1.82, 2.24) is 25.1 Å². The molecule has 2 aromatic heterocycles. The van der Waals surface area contributed by atoms with Gasteiger partial charge in [0.1, 0.15) is 11.6 Å². The second-order valence-corrected chi connectivity index (χ2v) is 8.57. The van der Waals surface area contributed by atoms with E-state index in [4.69, 9.17) is 9.72 Å². The van der Waals surface area contributed by atoms with E-state index in [0.29, 0.717) is 13.1 Å². The fourth-order valence-electron chi connectivity index (χ4n) is 2.95. The van der Waals surface area contributed by atoms with Gasteiger partial charge in [0, 0.05) is 18.3 Å². The minimum absolute atomic E-state index is 0.0207. The number of aryl methyl sites for hydroxylation is 1. The molecule has 1 amide bonds. The zero-order valence-corrected chi connectivity index (χ0v) is 19.3. The third-order valence-electron chi connectivity index (χ3n) is 4.43. The molecule has 166 valence electrons. The van der Waals surface area contributed by atoms with E-state index < -0.39 is 0 Å². The first-order valence-corrected chi connectivity index (χ1v) is 11.5. The maximum atomic E-state index is 12.2. The first-order chi connectivity index (χ1) is 15.0. The van der Waals surface area contributed by atoms with Gasteiger partial charge < -0.3 is 15.4 Å². The number of thioether (sulfide) groups is 1. The fraction of sp³-hybridized carbons (Fsp3) is 0.455. The lowest BCUT2D eigenvalue weighted by Gasteiger charge is -2.12. The smallest absolute Gasteiger partial charge is 0.258 e. The molecule has 0 radical (unpaired) electrons. The van der Waals surface area contributed by atoms with E-state index in [9.17, 15) is 4.79 Å². The van der Waals surface area contributed by atoms with Crippen molar-refractivity contribution in [3.63, 3.8) is 0 Å². The Labute approximate surface area is 187 Å². The quantitative estimate of drug-likeness (QED) is 0.346. The molecule has 3 rings (SSSR count). The fourth-order valence-corrected chi connectivity index (χ4v) is 3.65. The number of nitrogens with one attached hydrogen (secondary N) is 2. The van der Waals surface area contributed by atoms with Crippen molar-refractivity contribution in [2.45, 2.75) is 51.9 Å². The zero-order valence-electron chi connectivity index (χ0n) is 18.5. The second kappa shape index (κ2) is 11.0. The molecule has 0 saturated carbocycles. The predicted molar refractivity (Wildman–Crippen MR) is 125 cm³/mol. The molecule has 0 fully saturated rings. The predicted octanol–water partition coefficient (Wildman–Crippen LogP) is 3.65. The normalized spacial score (nSPS) is 11.1. The molecule has 0 spiro atoms. The molecule has 0 aliphatic carbocycles. The maximum Gasteiger partial charge on any atom is 0.258 e. The Bertz CT molecular complexity index is 1020. The molecule has 8 nitrogen and oxygen atoms in total. The van der Waals surface area contributed by atoms with E-state index in [1.54, 1.807) is 22.6 Å². The number of aromatic nitrogens is 4. The highest BCUT2D eigenvalue weighted by atomic mass is 32.2. The first-order valence-electron chi connectivity index (χ1n) is 10.6. The first kappa shape index (κ1) is 22.9. The minimum atomic E-state index is -0.171. The highest BCUT2D eigenvalue weighted by Crippen LogP contribution is 2.25. The molecule has 3 aromatic rings. The molecule has 9 heteroatoms. The summed E-state index contributed by atoms with van der Waals surface area (Å²) in [5, 5.41) is 12.3. The van der Waals surface area contributed by atoms with Crippen LogP contribution < -0.4 is 15.4 Å².